The van der Waals surface area contributed by atoms with Gasteiger partial charge in [-0.2, -0.15) is 0 Å². The van der Waals surface area contributed by atoms with Gasteiger partial charge in [0, 0.05) is 23.3 Å². The summed E-state index contributed by atoms with van der Waals surface area (Å²) in [5, 5.41) is 3.83. The zero-order valence-corrected chi connectivity index (χ0v) is 18.4. The number of amides is 2. The summed E-state index contributed by atoms with van der Waals surface area (Å²) >= 11 is 6.14. The third kappa shape index (κ3) is 2.46. The largest absolute Gasteiger partial charge is 0.353 e. The molecule has 31 heavy (non-hydrogen) atoms. The summed E-state index contributed by atoms with van der Waals surface area (Å²) in [6.45, 7) is 2.57. The molecule has 0 radical (unpaired) electrons. The molecule has 3 heterocycles. The van der Waals surface area contributed by atoms with E-state index in [-0.39, 0.29) is 29.6 Å². The lowest BCUT2D eigenvalue weighted by Crippen LogP contribution is -2.57. The molecule has 6 nitrogen and oxygen atoms in total. The van der Waals surface area contributed by atoms with Crippen molar-refractivity contribution in [2.75, 3.05) is 11.4 Å². The van der Waals surface area contributed by atoms with Crippen LogP contribution >= 0.6 is 11.6 Å². The third-order valence-electron chi connectivity index (χ3n) is 8.85. The molecule has 3 unspecified atom stereocenters. The molecular formula is C24H27ClN2O4. The first-order chi connectivity index (χ1) is 14.8. The highest BCUT2D eigenvalue weighted by atomic mass is 35.5. The van der Waals surface area contributed by atoms with Crippen molar-refractivity contribution in [1.82, 2.24) is 5.32 Å². The minimum absolute atomic E-state index is 0.0713. The van der Waals surface area contributed by atoms with Crippen LogP contribution in [0.5, 0.6) is 0 Å². The van der Waals surface area contributed by atoms with Gasteiger partial charge < -0.3 is 15.0 Å². The predicted molar refractivity (Wildman–Crippen MR) is 115 cm³/mol. The normalized spacial score (nSPS) is 42.9. The number of carbonyl (C=O) groups excluding carboxylic acids is 3. The van der Waals surface area contributed by atoms with E-state index in [2.05, 4.69) is 5.32 Å². The van der Waals surface area contributed by atoms with Crippen molar-refractivity contribution in [3.63, 3.8) is 0 Å². The third-order valence-corrected chi connectivity index (χ3v) is 9.08. The van der Waals surface area contributed by atoms with Crippen molar-refractivity contribution in [2.24, 2.45) is 16.7 Å². The number of hydrogen-bond acceptors (Lipinski definition) is 4. The van der Waals surface area contributed by atoms with E-state index in [0.717, 1.165) is 37.8 Å². The fraction of sp³-hybridized carbons (Fsp3) is 0.625. The van der Waals surface area contributed by atoms with E-state index in [9.17, 15) is 14.4 Å². The Bertz CT molecular complexity index is 1010. The molecule has 1 N–H and O–H groups in total. The number of hydrogen-bond donors (Lipinski definition) is 1. The Kier molecular flexibility index (Phi) is 4.02. The van der Waals surface area contributed by atoms with Crippen LogP contribution in [0.25, 0.3) is 0 Å². The van der Waals surface area contributed by atoms with Gasteiger partial charge in [-0.1, -0.05) is 24.1 Å². The van der Waals surface area contributed by atoms with Crippen LogP contribution in [0.15, 0.2) is 24.3 Å². The lowest BCUT2D eigenvalue weighted by Gasteiger charge is -2.39. The topological polar surface area (TPSA) is 75.7 Å². The summed E-state index contributed by atoms with van der Waals surface area (Å²) in [5.74, 6) is 0.269. The molecule has 3 aliphatic heterocycles. The first kappa shape index (κ1) is 19.7. The van der Waals surface area contributed by atoms with Crippen molar-refractivity contribution in [3.05, 3.63) is 29.3 Å². The molecule has 7 rings (SSSR count). The van der Waals surface area contributed by atoms with Gasteiger partial charge in [0.15, 0.2) is 11.4 Å². The molecule has 3 saturated carbocycles. The summed E-state index contributed by atoms with van der Waals surface area (Å²) in [5.41, 5.74) is -1.30. The standard InChI is InChI=1S/C24H27ClN2O4/c1-22-11-14-12-24(22,31-18(14)19(22)28)20(29)26-16-5-3-7-23(13-16)8-9-27(21(23)30)17-6-2-4-15(25)10-17/h2,4,6,10,14,16,18H,3,5,7-9,11-13H2,1H3,(H,26,29)/t14?,16-,18?,22+,23-,24?/m1/s1. The smallest absolute Gasteiger partial charge is 0.253 e. The highest BCUT2D eigenvalue weighted by Crippen LogP contribution is 2.67. The van der Waals surface area contributed by atoms with E-state index >= 15 is 0 Å². The van der Waals surface area contributed by atoms with Gasteiger partial charge in [-0.25, -0.2) is 0 Å². The first-order valence-corrected chi connectivity index (χ1v) is 11.8. The summed E-state index contributed by atoms with van der Waals surface area (Å²) < 4.78 is 6.02. The molecule has 1 aromatic carbocycles. The number of Topliss-reactive ketones (excluding diaryl/α,β-unsaturated/α-hetero) is 1. The van der Waals surface area contributed by atoms with Crippen LogP contribution in [0, 0.1) is 16.7 Å². The molecule has 2 amide bonds. The lowest BCUT2D eigenvalue weighted by molar-refractivity contribution is -0.151. The second-order valence-corrected chi connectivity index (χ2v) is 10.9. The maximum Gasteiger partial charge on any atom is 0.253 e. The molecule has 4 bridgehead atoms. The van der Waals surface area contributed by atoms with Gasteiger partial charge >= 0.3 is 0 Å². The van der Waals surface area contributed by atoms with E-state index < -0.39 is 22.5 Å². The molecule has 0 aromatic heterocycles. The van der Waals surface area contributed by atoms with Crippen molar-refractivity contribution < 1.29 is 19.1 Å². The maximum atomic E-state index is 13.5. The number of benzene rings is 1. The molecule has 7 heteroatoms. The van der Waals surface area contributed by atoms with Gasteiger partial charge in [0.05, 0.1) is 10.8 Å². The molecule has 6 fully saturated rings. The second kappa shape index (κ2) is 6.32. The number of carbonyl (C=O) groups is 3. The van der Waals surface area contributed by atoms with E-state index in [1.165, 1.54) is 0 Å². The summed E-state index contributed by atoms with van der Waals surface area (Å²) in [7, 11) is 0. The molecule has 1 spiro atoms. The molecule has 164 valence electrons. The number of rotatable bonds is 3. The van der Waals surface area contributed by atoms with E-state index in [4.69, 9.17) is 16.3 Å². The van der Waals surface area contributed by atoms with E-state index in [0.29, 0.717) is 24.4 Å². The summed E-state index contributed by atoms with van der Waals surface area (Å²) in [6.07, 6.45) is 5.03. The number of ketones is 1. The molecule has 6 aliphatic rings. The fourth-order valence-corrected chi connectivity index (χ4v) is 7.44. The summed E-state index contributed by atoms with van der Waals surface area (Å²) in [6, 6.07) is 7.35. The Morgan fingerprint density at radius 3 is 2.74 bits per heavy atom. The van der Waals surface area contributed by atoms with Crippen LogP contribution in [0.1, 0.15) is 51.9 Å². The molecular weight excluding hydrogens is 416 g/mol. The van der Waals surface area contributed by atoms with Gasteiger partial charge in [-0.05, 0) is 69.6 Å². The van der Waals surface area contributed by atoms with Crippen LogP contribution in [0.2, 0.25) is 5.02 Å². The summed E-state index contributed by atoms with van der Waals surface area (Å²) in [4.78, 5) is 41.3. The average molecular weight is 443 g/mol. The Hall–Kier alpha value is -1.92. The van der Waals surface area contributed by atoms with E-state index in [1.807, 2.05) is 30.0 Å². The molecule has 1 aromatic rings. The SMILES string of the molecule is C[C@@]12CC3CC1(C(=O)N[C@@H]1CCC[C@@]4(CCN(c5cccc(Cl)c5)C4=O)C1)OC3C2=O. The van der Waals surface area contributed by atoms with Gasteiger partial charge in [0.1, 0.15) is 6.10 Å². The quantitative estimate of drug-likeness (QED) is 0.779. The molecule has 3 saturated heterocycles. The molecule has 6 atom stereocenters. The fourth-order valence-electron chi connectivity index (χ4n) is 7.26. The molecule has 3 aliphatic carbocycles. The number of anilines is 1. The van der Waals surface area contributed by atoms with Gasteiger partial charge in [-0.3, -0.25) is 14.4 Å². The number of halogens is 1. The average Bonchev–Trinajstić information content (AvgIpc) is 3.46. The van der Waals surface area contributed by atoms with E-state index in [1.54, 1.807) is 6.07 Å². The Morgan fingerprint density at radius 2 is 2.06 bits per heavy atom. The van der Waals surface area contributed by atoms with Gasteiger partial charge in [-0.15, -0.1) is 0 Å². The number of nitrogens with one attached hydrogen (secondary N) is 1. The number of ether oxygens (including phenoxy) is 1. The van der Waals surface area contributed by atoms with Crippen molar-refractivity contribution in [3.8, 4) is 0 Å². The van der Waals surface area contributed by atoms with Gasteiger partial charge in [0.25, 0.3) is 5.91 Å². The van der Waals surface area contributed by atoms with Crippen LogP contribution in [-0.4, -0.2) is 41.9 Å². The highest BCUT2D eigenvalue weighted by molar-refractivity contribution is 6.31. The van der Waals surface area contributed by atoms with Crippen molar-refractivity contribution >= 4 is 34.9 Å². The minimum atomic E-state index is -1.00. The van der Waals surface area contributed by atoms with Crippen molar-refractivity contribution in [2.45, 2.75) is 69.6 Å². The second-order valence-electron chi connectivity index (χ2n) is 10.5. The lowest BCUT2D eigenvalue weighted by atomic mass is 9.70. The van der Waals surface area contributed by atoms with Crippen LogP contribution in [0.3, 0.4) is 0 Å². The highest BCUT2D eigenvalue weighted by Gasteiger charge is 2.79. The van der Waals surface area contributed by atoms with Crippen LogP contribution in [-0.2, 0) is 19.1 Å². The Balaban J connectivity index is 1.19. The zero-order chi connectivity index (χ0) is 21.6. The Labute approximate surface area is 186 Å². The first-order valence-electron chi connectivity index (χ1n) is 11.4. The minimum Gasteiger partial charge on any atom is -0.353 e. The van der Waals surface area contributed by atoms with Crippen LogP contribution < -0.4 is 10.2 Å². The van der Waals surface area contributed by atoms with Crippen LogP contribution in [0.4, 0.5) is 5.69 Å². The van der Waals surface area contributed by atoms with Gasteiger partial charge in [0.2, 0.25) is 5.91 Å². The van der Waals surface area contributed by atoms with Crippen molar-refractivity contribution in [1.29, 1.82) is 0 Å². The maximum absolute atomic E-state index is 13.5. The monoisotopic (exact) mass is 442 g/mol. The number of nitrogens with zero attached hydrogens (tertiary/aromatic N) is 1. The Morgan fingerprint density at radius 1 is 1.23 bits per heavy atom. The predicted octanol–water partition coefficient (Wildman–Crippen LogP) is 3.26. The zero-order valence-electron chi connectivity index (χ0n) is 17.7.